The third kappa shape index (κ3) is 7.56. The molecule has 0 aliphatic rings. The van der Waals surface area contributed by atoms with Crippen molar-refractivity contribution in [2.75, 3.05) is 0 Å². The van der Waals surface area contributed by atoms with Crippen molar-refractivity contribution < 1.29 is 5.11 Å². The Hall–Kier alpha value is 0.0700. The van der Waals surface area contributed by atoms with E-state index in [2.05, 4.69) is 74.4 Å². The highest BCUT2D eigenvalue weighted by Crippen LogP contribution is 2.48. The Balaban J connectivity index is 3.30. The fourth-order valence-corrected chi connectivity index (χ4v) is 5.15. The summed E-state index contributed by atoms with van der Waals surface area (Å²) in [6.45, 7) is 19.5. The minimum Gasteiger partial charge on any atom is -0.287 e. The first-order chi connectivity index (χ1) is 9.66. The molecule has 0 amide bonds. The number of hydrogen-bond donors (Lipinski definition) is 0. The zero-order chi connectivity index (χ0) is 17.3. The van der Waals surface area contributed by atoms with E-state index in [1.807, 2.05) is 11.8 Å². The van der Waals surface area contributed by atoms with Crippen LogP contribution in [0.1, 0.15) is 62.3 Å². The lowest BCUT2D eigenvalue weighted by Crippen LogP contribution is -2.09. The maximum absolute atomic E-state index is 12.8. The van der Waals surface area contributed by atoms with Crippen molar-refractivity contribution in [2.45, 2.75) is 91.2 Å². The molecule has 0 aliphatic carbocycles. The van der Waals surface area contributed by atoms with E-state index >= 15 is 0 Å². The Labute approximate surface area is 149 Å². The van der Waals surface area contributed by atoms with Gasteiger partial charge in [0.2, 0.25) is 5.75 Å². The van der Waals surface area contributed by atoms with Gasteiger partial charge in [0.05, 0.1) is 9.79 Å². The van der Waals surface area contributed by atoms with E-state index in [4.69, 9.17) is 0 Å². The van der Waals surface area contributed by atoms with Crippen LogP contribution in [0.5, 0.6) is 5.75 Å². The fraction of sp³-hybridized carbons (Fsp3) is 0.667. The molecule has 0 aromatic heterocycles. The lowest BCUT2D eigenvalue weighted by atomic mass is 10.3. The Morgan fingerprint density at radius 3 is 1.23 bits per heavy atom. The summed E-state index contributed by atoms with van der Waals surface area (Å²) in [6.07, 6.45) is 0. The predicted molar refractivity (Wildman–Crippen MR) is 103 cm³/mol. The average Bonchev–Trinajstić information content (AvgIpc) is 2.18. The largest absolute Gasteiger partial charge is 0.287 e. The molecule has 0 unspecified atom stereocenters. The maximum Gasteiger partial charge on any atom is 0.205 e. The molecule has 125 valence electrons. The van der Waals surface area contributed by atoms with Gasteiger partial charge in [-0.3, -0.25) is 5.11 Å². The number of thioether (sulfide) groups is 3. The van der Waals surface area contributed by atoms with Crippen molar-refractivity contribution in [3.05, 3.63) is 12.1 Å². The van der Waals surface area contributed by atoms with Gasteiger partial charge in [-0.15, -0.1) is 35.3 Å². The lowest BCUT2D eigenvalue weighted by Gasteiger charge is -2.24. The minimum atomic E-state index is 0.0356. The van der Waals surface area contributed by atoms with Crippen LogP contribution in [0.15, 0.2) is 26.8 Å². The van der Waals surface area contributed by atoms with Gasteiger partial charge < -0.3 is 0 Å². The van der Waals surface area contributed by atoms with Gasteiger partial charge in [-0.1, -0.05) is 62.3 Å². The molecule has 1 radical (unpaired) electrons. The van der Waals surface area contributed by atoms with E-state index in [9.17, 15) is 5.11 Å². The third-order valence-corrected chi connectivity index (χ3v) is 5.61. The monoisotopic (exact) mass is 357 g/mol. The second kappa shape index (κ2) is 6.90. The normalized spacial score (nSPS) is 13.5. The van der Waals surface area contributed by atoms with Crippen LogP contribution in [0.4, 0.5) is 0 Å². The smallest absolute Gasteiger partial charge is 0.205 e. The van der Waals surface area contributed by atoms with Crippen LogP contribution in [-0.2, 0) is 5.11 Å². The molecule has 22 heavy (non-hydrogen) atoms. The van der Waals surface area contributed by atoms with Crippen molar-refractivity contribution in [3.63, 3.8) is 0 Å². The van der Waals surface area contributed by atoms with Gasteiger partial charge in [0.25, 0.3) is 0 Å². The molecular weight excluding hydrogens is 328 g/mol. The molecule has 1 nitrogen and oxygen atoms in total. The molecule has 0 saturated carbocycles. The van der Waals surface area contributed by atoms with E-state index < -0.39 is 0 Å². The van der Waals surface area contributed by atoms with Crippen LogP contribution < -0.4 is 0 Å². The fourth-order valence-electron chi connectivity index (χ4n) is 1.78. The molecule has 1 rings (SSSR count). The van der Waals surface area contributed by atoms with Gasteiger partial charge in [0, 0.05) is 19.1 Å². The first-order valence-corrected chi connectivity index (χ1v) is 10.0. The summed E-state index contributed by atoms with van der Waals surface area (Å²) in [5.74, 6) is 0.179. The first kappa shape index (κ1) is 20.1. The molecule has 0 heterocycles. The second-order valence-corrected chi connectivity index (χ2v) is 14.0. The Morgan fingerprint density at radius 1 is 0.636 bits per heavy atom. The molecule has 0 N–H and O–H groups in total. The number of hydrogen-bond acceptors (Lipinski definition) is 3. The highest BCUT2D eigenvalue weighted by atomic mass is 32.2. The highest BCUT2D eigenvalue weighted by Gasteiger charge is 2.24. The van der Waals surface area contributed by atoms with Crippen LogP contribution in [-0.4, -0.2) is 14.2 Å². The second-order valence-electron chi connectivity index (χ2n) is 8.39. The maximum atomic E-state index is 12.8. The van der Waals surface area contributed by atoms with Gasteiger partial charge in [0.15, 0.2) is 0 Å². The van der Waals surface area contributed by atoms with E-state index in [0.29, 0.717) is 0 Å². The van der Waals surface area contributed by atoms with E-state index in [1.165, 1.54) is 4.90 Å². The summed E-state index contributed by atoms with van der Waals surface area (Å²) in [7, 11) is 0. The molecule has 0 atom stereocenters. The predicted octanol–water partition coefficient (Wildman–Crippen LogP) is 7.50. The van der Waals surface area contributed by atoms with Crippen molar-refractivity contribution in [1.82, 2.24) is 0 Å². The van der Waals surface area contributed by atoms with Crippen molar-refractivity contribution in [1.29, 1.82) is 0 Å². The minimum absolute atomic E-state index is 0.0356. The zero-order valence-electron chi connectivity index (χ0n) is 15.3. The van der Waals surface area contributed by atoms with Crippen LogP contribution in [0.25, 0.3) is 0 Å². The van der Waals surface area contributed by atoms with Crippen LogP contribution in [0.2, 0.25) is 0 Å². The van der Waals surface area contributed by atoms with E-state index in [-0.39, 0.29) is 20.0 Å². The van der Waals surface area contributed by atoms with Crippen molar-refractivity contribution >= 4 is 35.3 Å². The zero-order valence-corrected chi connectivity index (χ0v) is 17.7. The van der Waals surface area contributed by atoms with Crippen molar-refractivity contribution in [2.24, 2.45) is 0 Å². The van der Waals surface area contributed by atoms with Gasteiger partial charge in [0.1, 0.15) is 0 Å². The van der Waals surface area contributed by atoms with E-state index in [1.54, 1.807) is 23.5 Å². The SMILES string of the molecule is CC(C)(C)Sc1cc(SC(C)(C)C)c([O])c(SC(C)(C)C)c1. The molecule has 0 spiro atoms. The summed E-state index contributed by atoms with van der Waals surface area (Å²) in [5.41, 5.74) is 0. The highest BCUT2D eigenvalue weighted by molar-refractivity contribution is 8.02. The molecule has 0 bridgehead atoms. The van der Waals surface area contributed by atoms with Gasteiger partial charge in [-0.05, 0) is 12.1 Å². The van der Waals surface area contributed by atoms with Crippen LogP contribution in [0.3, 0.4) is 0 Å². The lowest BCUT2D eigenvalue weighted by molar-refractivity contribution is 0.332. The van der Waals surface area contributed by atoms with Crippen molar-refractivity contribution in [3.8, 4) is 5.75 Å². The van der Waals surface area contributed by atoms with Gasteiger partial charge in [-0.25, -0.2) is 0 Å². The van der Waals surface area contributed by atoms with E-state index in [0.717, 1.165) is 9.79 Å². The topological polar surface area (TPSA) is 19.9 Å². The quantitative estimate of drug-likeness (QED) is 0.522. The number of benzene rings is 1. The molecule has 0 saturated heterocycles. The molecule has 1 aromatic carbocycles. The Morgan fingerprint density at radius 2 is 0.955 bits per heavy atom. The number of rotatable bonds is 3. The summed E-state index contributed by atoms with van der Waals surface area (Å²) in [5, 5.41) is 12.8. The van der Waals surface area contributed by atoms with Crippen LogP contribution >= 0.6 is 35.3 Å². The van der Waals surface area contributed by atoms with Gasteiger partial charge >= 0.3 is 0 Å². The van der Waals surface area contributed by atoms with Crippen LogP contribution in [0, 0.1) is 0 Å². The first-order valence-electron chi connectivity index (χ1n) is 7.58. The summed E-state index contributed by atoms with van der Waals surface area (Å²) in [6, 6.07) is 4.14. The molecule has 1 aromatic rings. The Bertz CT molecular complexity index is 480. The van der Waals surface area contributed by atoms with Gasteiger partial charge in [-0.2, -0.15) is 0 Å². The molecule has 0 aliphatic heterocycles. The Kier molecular flexibility index (Phi) is 6.31. The molecule has 4 heteroatoms. The summed E-state index contributed by atoms with van der Waals surface area (Å²) < 4.78 is 0.208. The summed E-state index contributed by atoms with van der Waals surface area (Å²) >= 11 is 5.16. The third-order valence-electron chi connectivity index (χ3n) is 2.25. The summed E-state index contributed by atoms with van der Waals surface area (Å²) in [4.78, 5) is 2.92. The molecule has 0 fully saturated rings. The average molecular weight is 358 g/mol. The standard InChI is InChI=1S/C18H29OS3/c1-16(2,3)20-12-10-13(21-17(4,5)6)15(19)14(11-12)22-18(7,8)9/h10-11H,1-9H3. The molecular formula is C18H29OS3.